The van der Waals surface area contributed by atoms with E-state index in [1.54, 1.807) is 63.2 Å². The minimum absolute atomic E-state index is 0.0106. The molecule has 0 unspecified atom stereocenters. The number of amides is 2. The first-order valence-electron chi connectivity index (χ1n) is 14.6. The fraction of sp³-hybridized carbons (Fsp3) is 0.229. The van der Waals surface area contributed by atoms with Crippen molar-refractivity contribution in [3.8, 4) is 34.2 Å². The predicted molar refractivity (Wildman–Crippen MR) is 171 cm³/mol. The molecule has 0 saturated carbocycles. The number of aliphatic carboxylic acids is 1. The maximum atomic E-state index is 12.9. The molecular formula is C35H34N4O7. The molecule has 0 saturated heterocycles. The monoisotopic (exact) mass is 622 g/mol. The van der Waals surface area contributed by atoms with Crippen molar-refractivity contribution < 1.29 is 33.2 Å². The molecule has 0 radical (unpaired) electrons. The van der Waals surface area contributed by atoms with Crippen LogP contribution in [0.15, 0.2) is 87.8 Å². The summed E-state index contributed by atoms with van der Waals surface area (Å²) in [6.07, 6.45) is -0.551. The Bertz CT molecular complexity index is 1870. The van der Waals surface area contributed by atoms with E-state index in [1.807, 2.05) is 44.2 Å². The van der Waals surface area contributed by atoms with Crippen LogP contribution in [0.3, 0.4) is 0 Å². The normalized spacial score (nSPS) is 11.9. The molecule has 0 aliphatic rings. The number of aryl methyl sites for hydroxylation is 2. The van der Waals surface area contributed by atoms with E-state index in [2.05, 4.69) is 20.8 Å². The summed E-state index contributed by atoms with van der Waals surface area (Å²) < 4.78 is 16.5. The summed E-state index contributed by atoms with van der Waals surface area (Å²) in [4.78, 5) is 41.7. The van der Waals surface area contributed by atoms with E-state index >= 15 is 0 Å². The number of carboxylic acid groups (broad SMARTS) is 1. The highest BCUT2D eigenvalue weighted by Crippen LogP contribution is 2.27. The van der Waals surface area contributed by atoms with Crippen molar-refractivity contribution in [2.75, 3.05) is 5.32 Å². The number of benzene rings is 3. The molecule has 2 aromatic heterocycles. The number of nitrogens with zero attached hydrogens (tertiary/aromatic N) is 2. The lowest BCUT2D eigenvalue weighted by Gasteiger charge is -2.19. The largest absolute Gasteiger partial charge is 0.480 e. The van der Waals surface area contributed by atoms with Crippen molar-refractivity contribution in [3.05, 3.63) is 101 Å². The van der Waals surface area contributed by atoms with E-state index in [0.29, 0.717) is 34.0 Å². The van der Waals surface area contributed by atoms with Crippen molar-refractivity contribution in [3.63, 3.8) is 0 Å². The van der Waals surface area contributed by atoms with E-state index < -0.39 is 29.6 Å². The van der Waals surface area contributed by atoms with Crippen LogP contribution in [0.25, 0.3) is 34.2 Å². The third-order valence-corrected chi connectivity index (χ3v) is 6.96. The second-order valence-corrected chi connectivity index (χ2v) is 11.9. The molecule has 236 valence electrons. The lowest BCUT2D eigenvalue weighted by atomic mass is 9.99. The summed E-state index contributed by atoms with van der Waals surface area (Å²) in [7, 11) is 0. The summed E-state index contributed by atoms with van der Waals surface area (Å²) in [6, 6.07) is 21.9. The lowest BCUT2D eigenvalue weighted by molar-refractivity contribution is -0.139. The molecule has 0 fully saturated rings. The Morgan fingerprint density at radius 1 is 0.913 bits per heavy atom. The van der Waals surface area contributed by atoms with Crippen molar-refractivity contribution in [1.29, 1.82) is 0 Å². The Kier molecular flexibility index (Phi) is 9.04. The number of hydrogen-bond donors (Lipinski definition) is 3. The molecule has 0 aliphatic heterocycles. The second-order valence-electron chi connectivity index (χ2n) is 11.9. The molecule has 0 bridgehead atoms. The van der Waals surface area contributed by atoms with Crippen molar-refractivity contribution in [2.45, 2.75) is 52.7 Å². The van der Waals surface area contributed by atoms with Gasteiger partial charge in [0.25, 0.3) is 11.8 Å². The molecule has 5 aromatic rings. The van der Waals surface area contributed by atoms with Gasteiger partial charge in [0.05, 0.1) is 0 Å². The Labute approximate surface area is 265 Å². The van der Waals surface area contributed by atoms with E-state index in [9.17, 15) is 19.5 Å². The minimum atomic E-state index is -1.22. The number of ether oxygens (including phenoxy) is 1. The van der Waals surface area contributed by atoms with Gasteiger partial charge in [-0.2, -0.15) is 4.98 Å². The van der Waals surface area contributed by atoms with Crippen LogP contribution in [0.5, 0.6) is 0 Å². The number of nitrogens with one attached hydrogen (secondary N) is 2. The lowest BCUT2D eigenvalue weighted by Crippen LogP contribution is -2.42. The summed E-state index contributed by atoms with van der Waals surface area (Å²) in [5.41, 5.74) is 4.62. The van der Waals surface area contributed by atoms with Crippen LogP contribution in [0.4, 0.5) is 10.5 Å². The number of anilines is 1. The van der Waals surface area contributed by atoms with Gasteiger partial charge in [-0.25, -0.2) is 9.59 Å². The number of hydrogen-bond acceptors (Lipinski definition) is 8. The molecule has 0 spiro atoms. The summed E-state index contributed by atoms with van der Waals surface area (Å²) in [5.74, 6) is -0.712. The maximum Gasteiger partial charge on any atom is 0.412 e. The standard InChI is InChI=1S/C35H34N4O7/c1-20-6-10-23(11-7-20)28-16-17-29(44-28)31(40)37-27(33(41)42)19-22-9-8-21(2)26(18-22)30-38-32(46-39-30)24-12-14-25(15-13-24)36-34(43)45-35(3,4)5/h6-18,27H,19H2,1-5H3,(H,36,43)(H,37,40)(H,41,42)/t27-/m1/s1. The number of carboxylic acids is 1. The van der Waals surface area contributed by atoms with Gasteiger partial charge in [-0.05, 0) is 88.2 Å². The van der Waals surface area contributed by atoms with Gasteiger partial charge in [-0.15, -0.1) is 0 Å². The summed E-state index contributed by atoms with van der Waals surface area (Å²) in [5, 5.41) is 19.3. The van der Waals surface area contributed by atoms with Gasteiger partial charge in [-0.3, -0.25) is 10.1 Å². The summed E-state index contributed by atoms with van der Waals surface area (Å²) >= 11 is 0. The molecule has 3 aromatic carbocycles. The molecule has 0 aliphatic carbocycles. The molecular weight excluding hydrogens is 588 g/mol. The number of furan rings is 1. The van der Waals surface area contributed by atoms with Crippen LogP contribution >= 0.6 is 0 Å². The number of carbonyl (C=O) groups is 3. The maximum absolute atomic E-state index is 12.9. The first kappa shape index (κ1) is 31.7. The quantitative estimate of drug-likeness (QED) is 0.157. The third kappa shape index (κ3) is 7.86. The zero-order valence-electron chi connectivity index (χ0n) is 26.1. The van der Waals surface area contributed by atoms with Crippen LogP contribution in [0, 0.1) is 13.8 Å². The zero-order chi connectivity index (χ0) is 33.0. The number of rotatable bonds is 9. The molecule has 11 heteroatoms. The number of aromatic nitrogens is 2. The highest BCUT2D eigenvalue weighted by Gasteiger charge is 2.24. The van der Waals surface area contributed by atoms with Crippen LogP contribution in [-0.2, 0) is 16.0 Å². The first-order valence-corrected chi connectivity index (χ1v) is 14.6. The first-order chi connectivity index (χ1) is 21.8. The Morgan fingerprint density at radius 2 is 1.61 bits per heavy atom. The smallest absolute Gasteiger partial charge is 0.412 e. The van der Waals surface area contributed by atoms with Gasteiger partial charge in [0.2, 0.25) is 5.82 Å². The molecule has 11 nitrogen and oxygen atoms in total. The highest BCUT2D eigenvalue weighted by molar-refractivity contribution is 5.95. The fourth-order valence-corrected chi connectivity index (χ4v) is 4.60. The van der Waals surface area contributed by atoms with Gasteiger partial charge in [0.15, 0.2) is 5.76 Å². The van der Waals surface area contributed by atoms with Crippen LogP contribution in [-0.4, -0.2) is 44.9 Å². The highest BCUT2D eigenvalue weighted by atomic mass is 16.6. The van der Waals surface area contributed by atoms with E-state index in [-0.39, 0.29) is 18.1 Å². The van der Waals surface area contributed by atoms with E-state index in [0.717, 1.165) is 16.7 Å². The second kappa shape index (κ2) is 13.1. The molecule has 1 atom stereocenters. The topological polar surface area (TPSA) is 157 Å². The van der Waals surface area contributed by atoms with Crippen LogP contribution in [0.1, 0.15) is 48.0 Å². The average Bonchev–Trinajstić information content (AvgIpc) is 3.69. The van der Waals surface area contributed by atoms with Gasteiger partial charge in [0.1, 0.15) is 17.4 Å². The Morgan fingerprint density at radius 3 is 2.28 bits per heavy atom. The van der Waals surface area contributed by atoms with Gasteiger partial charge in [-0.1, -0.05) is 47.1 Å². The molecule has 2 heterocycles. The third-order valence-electron chi connectivity index (χ3n) is 6.96. The molecule has 2 amide bonds. The van der Waals surface area contributed by atoms with Crippen LogP contribution in [0.2, 0.25) is 0 Å². The number of carbonyl (C=O) groups excluding carboxylic acids is 2. The molecule has 46 heavy (non-hydrogen) atoms. The fourth-order valence-electron chi connectivity index (χ4n) is 4.60. The summed E-state index contributed by atoms with van der Waals surface area (Å²) in [6.45, 7) is 9.21. The van der Waals surface area contributed by atoms with E-state index in [4.69, 9.17) is 13.7 Å². The average molecular weight is 623 g/mol. The van der Waals surface area contributed by atoms with Crippen molar-refractivity contribution >= 4 is 23.7 Å². The SMILES string of the molecule is Cc1ccc(-c2ccc(C(=O)N[C@H](Cc3ccc(C)c(-c4noc(-c5ccc(NC(=O)OC(C)(C)C)cc5)n4)c3)C(=O)O)o2)cc1. The predicted octanol–water partition coefficient (Wildman–Crippen LogP) is 7.05. The van der Waals surface area contributed by atoms with Gasteiger partial charge in [0, 0.05) is 28.8 Å². The van der Waals surface area contributed by atoms with Crippen LogP contribution < -0.4 is 10.6 Å². The Balaban J connectivity index is 1.27. The van der Waals surface area contributed by atoms with Crippen molar-refractivity contribution in [1.82, 2.24) is 15.5 Å². The molecule has 5 rings (SSSR count). The minimum Gasteiger partial charge on any atom is -0.480 e. The zero-order valence-corrected chi connectivity index (χ0v) is 26.1. The van der Waals surface area contributed by atoms with Gasteiger partial charge < -0.3 is 24.1 Å². The van der Waals surface area contributed by atoms with Gasteiger partial charge >= 0.3 is 12.1 Å². The van der Waals surface area contributed by atoms with Crippen molar-refractivity contribution in [2.24, 2.45) is 0 Å². The molecule has 3 N–H and O–H groups in total. The van der Waals surface area contributed by atoms with E-state index in [1.165, 1.54) is 6.07 Å². The Hall–Kier alpha value is -5.71.